The molecule has 0 aliphatic heterocycles. The summed E-state index contributed by atoms with van der Waals surface area (Å²) in [6, 6.07) is 3.65. The molecule has 1 aromatic rings. The van der Waals surface area contributed by atoms with E-state index in [2.05, 4.69) is 0 Å². The molecular formula is C8H12ClNOS. The Balaban J connectivity index is 2.47. The van der Waals surface area contributed by atoms with Crippen LogP contribution in [0.25, 0.3) is 0 Å². The normalized spacial score (nSPS) is 13.2. The van der Waals surface area contributed by atoms with Crippen molar-refractivity contribution in [3.8, 4) is 0 Å². The van der Waals surface area contributed by atoms with Gasteiger partial charge in [-0.3, -0.25) is 0 Å². The van der Waals surface area contributed by atoms with Crippen LogP contribution in [0.3, 0.4) is 0 Å². The van der Waals surface area contributed by atoms with E-state index in [1.54, 1.807) is 6.07 Å². The van der Waals surface area contributed by atoms with Crippen molar-refractivity contribution < 1.29 is 5.11 Å². The highest BCUT2D eigenvalue weighted by atomic mass is 35.5. The number of hydrogen-bond acceptors (Lipinski definition) is 3. The molecule has 0 aliphatic carbocycles. The molecule has 0 saturated heterocycles. The van der Waals surface area contributed by atoms with E-state index in [9.17, 15) is 5.11 Å². The molecule has 0 aliphatic rings. The third kappa shape index (κ3) is 2.75. The summed E-state index contributed by atoms with van der Waals surface area (Å²) >= 11 is 7.14. The molecule has 1 atom stereocenters. The minimum Gasteiger partial charge on any atom is -0.388 e. The quantitative estimate of drug-likeness (QED) is 0.792. The number of halogens is 1. The van der Waals surface area contributed by atoms with E-state index in [1.807, 2.05) is 6.07 Å². The Morgan fingerprint density at radius 3 is 2.83 bits per heavy atom. The lowest BCUT2D eigenvalue weighted by Crippen LogP contribution is -2.02. The van der Waals surface area contributed by atoms with Crippen molar-refractivity contribution in [2.45, 2.75) is 18.9 Å². The molecule has 1 rings (SSSR count). The monoisotopic (exact) mass is 205 g/mol. The first kappa shape index (κ1) is 9.99. The topological polar surface area (TPSA) is 46.2 Å². The van der Waals surface area contributed by atoms with E-state index in [1.165, 1.54) is 11.3 Å². The SMILES string of the molecule is NCCCC(O)c1ccc(Cl)s1. The van der Waals surface area contributed by atoms with Crippen LogP contribution >= 0.6 is 22.9 Å². The minimum absolute atomic E-state index is 0.397. The molecule has 2 nitrogen and oxygen atoms in total. The summed E-state index contributed by atoms with van der Waals surface area (Å²) in [5.74, 6) is 0. The lowest BCUT2D eigenvalue weighted by Gasteiger charge is -2.05. The molecule has 1 aromatic heterocycles. The molecular weight excluding hydrogens is 194 g/mol. The molecule has 1 unspecified atom stereocenters. The Kier molecular flexibility index (Phi) is 4.01. The van der Waals surface area contributed by atoms with Gasteiger partial charge in [-0.05, 0) is 31.5 Å². The van der Waals surface area contributed by atoms with Crippen molar-refractivity contribution in [3.63, 3.8) is 0 Å². The smallest absolute Gasteiger partial charge is 0.0932 e. The fourth-order valence-corrected chi connectivity index (χ4v) is 2.04. The maximum Gasteiger partial charge on any atom is 0.0932 e. The van der Waals surface area contributed by atoms with Crippen LogP contribution in [0.4, 0.5) is 0 Å². The Labute approximate surface area is 81.0 Å². The van der Waals surface area contributed by atoms with Gasteiger partial charge in [0.2, 0.25) is 0 Å². The summed E-state index contributed by atoms with van der Waals surface area (Å²) < 4.78 is 0.719. The highest BCUT2D eigenvalue weighted by Gasteiger charge is 2.08. The number of hydrogen-bond donors (Lipinski definition) is 2. The van der Waals surface area contributed by atoms with Crippen LogP contribution in [0, 0.1) is 0 Å². The summed E-state index contributed by atoms with van der Waals surface area (Å²) in [6.07, 6.45) is 1.16. The maximum atomic E-state index is 9.56. The number of aliphatic hydroxyl groups excluding tert-OH is 1. The Morgan fingerprint density at radius 2 is 2.33 bits per heavy atom. The predicted octanol–water partition coefficient (Wildman–Crippen LogP) is 2.17. The van der Waals surface area contributed by atoms with Crippen molar-refractivity contribution in [2.24, 2.45) is 5.73 Å². The molecule has 3 N–H and O–H groups in total. The second-order valence-corrected chi connectivity index (χ2v) is 4.34. The zero-order valence-corrected chi connectivity index (χ0v) is 8.24. The molecule has 0 spiro atoms. The molecule has 1 heterocycles. The van der Waals surface area contributed by atoms with Gasteiger partial charge < -0.3 is 10.8 Å². The van der Waals surface area contributed by atoms with Crippen LogP contribution in [0.5, 0.6) is 0 Å². The first-order chi connectivity index (χ1) is 5.74. The summed E-state index contributed by atoms with van der Waals surface area (Å²) in [7, 11) is 0. The van der Waals surface area contributed by atoms with Crippen LogP contribution < -0.4 is 5.73 Å². The number of nitrogens with two attached hydrogens (primary N) is 1. The Morgan fingerprint density at radius 1 is 1.58 bits per heavy atom. The molecule has 0 amide bonds. The summed E-state index contributed by atoms with van der Waals surface area (Å²) in [4.78, 5) is 0.924. The van der Waals surface area contributed by atoms with Gasteiger partial charge in [-0.2, -0.15) is 0 Å². The minimum atomic E-state index is -0.397. The van der Waals surface area contributed by atoms with E-state index in [0.717, 1.165) is 15.6 Å². The average molecular weight is 206 g/mol. The molecule has 12 heavy (non-hydrogen) atoms. The van der Waals surface area contributed by atoms with Crippen LogP contribution in [0.2, 0.25) is 4.34 Å². The van der Waals surface area contributed by atoms with Gasteiger partial charge in [-0.25, -0.2) is 0 Å². The van der Waals surface area contributed by atoms with Gasteiger partial charge in [0, 0.05) is 4.88 Å². The van der Waals surface area contributed by atoms with Crippen LogP contribution in [-0.4, -0.2) is 11.7 Å². The second kappa shape index (κ2) is 4.82. The number of thiophene rings is 1. The highest BCUT2D eigenvalue weighted by Crippen LogP contribution is 2.28. The van der Waals surface area contributed by atoms with E-state index in [0.29, 0.717) is 13.0 Å². The maximum absolute atomic E-state index is 9.56. The fourth-order valence-electron chi connectivity index (χ4n) is 0.961. The molecule has 0 radical (unpaired) electrons. The largest absolute Gasteiger partial charge is 0.388 e. The molecule has 0 bridgehead atoms. The van der Waals surface area contributed by atoms with Gasteiger partial charge in [-0.1, -0.05) is 11.6 Å². The number of rotatable bonds is 4. The first-order valence-electron chi connectivity index (χ1n) is 3.87. The third-order valence-corrected chi connectivity index (χ3v) is 2.94. The fraction of sp³-hybridized carbons (Fsp3) is 0.500. The van der Waals surface area contributed by atoms with Crippen molar-refractivity contribution in [2.75, 3.05) is 6.54 Å². The standard InChI is InChI=1S/C8H12ClNOS/c9-8-4-3-7(12-8)6(11)2-1-5-10/h3-4,6,11H,1-2,5,10H2. The lowest BCUT2D eigenvalue weighted by atomic mass is 10.2. The van der Waals surface area contributed by atoms with Gasteiger partial charge in [0.25, 0.3) is 0 Å². The van der Waals surface area contributed by atoms with E-state index in [4.69, 9.17) is 17.3 Å². The molecule has 4 heteroatoms. The van der Waals surface area contributed by atoms with Crippen LogP contribution in [0.15, 0.2) is 12.1 Å². The average Bonchev–Trinajstić information content (AvgIpc) is 2.47. The van der Waals surface area contributed by atoms with Crippen molar-refractivity contribution in [1.82, 2.24) is 0 Å². The predicted molar refractivity (Wildman–Crippen MR) is 52.6 cm³/mol. The van der Waals surface area contributed by atoms with Gasteiger partial charge >= 0.3 is 0 Å². The molecule has 0 saturated carbocycles. The van der Waals surface area contributed by atoms with Gasteiger partial charge in [0.15, 0.2) is 0 Å². The second-order valence-electron chi connectivity index (χ2n) is 2.59. The van der Waals surface area contributed by atoms with E-state index < -0.39 is 6.10 Å². The van der Waals surface area contributed by atoms with Crippen molar-refractivity contribution in [3.05, 3.63) is 21.3 Å². The molecule has 0 fully saturated rings. The van der Waals surface area contributed by atoms with Crippen molar-refractivity contribution >= 4 is 22.9 Å². The van der Waals surface area contributed by atoms with E-state index >= 15 is 0 Å². The molecule has 0 aromatic carbocycles. The molecule has 68 valence electrons. The van der Waals surface area contributed by atoms with Crippen LogP contribution in [-0.2, 0) is 0 Å². The number of aliphatic hydroxyl groups is 1. The zero-order chi connectivity index (χ0) is 8.97. The van der Waals surface area contributed by atoms with E-state index in [-0.39, 0.29) is 0 Å². The lowest BCUT2D eigenvalue weighted by molar-refractivity contribution is 0.169. The van der Waals surface area contributed by atoms with Crippen LogP contribution in [0.1, 0.15) is 23.8 Å². The zero-order valence-electron chi connectivity index (χ0n) is 6.66. The summed E-state index contributed by atoms with van der Waals surface area (Å²) in [5, 5.41) is 9.56. The van der Waals surface area contributed by atoms with Gasteiger partial charge in [0.1, 0.15) is 0 Å². The summed E-state index contributed by atoms with van der Waals surface area (Å²) in [5.41, 5.74) is 5.33. The van der Waals surface area contributed by atoms with Gasteiger partial charge in [0.05, 0.1) is 10.4 Å². The Bertz CT molecular complexity index is 239. The first-order valence-corrected chi connectivity index (χ1v) is 5.07. The summed E-state index contributed by atoms with van der Waals surface area (Å²) in [6.45, 7) is 0.621. The Hall–Kier alpha value is -0.0900. The van der Waals surface area contributed by atoms with Gasteiger partial charge in [-0.15, -0.1) is 11.3 Å². The third-order valence-electron chi connectivity index (χ3n) is 1.60. The van der Waals surface area contributed by atoms with Crippen molar-refractivity contribution in [1.29, 1.82) is 0 Å². The highest BCUT2D eigenvalue weighted by molar-refractivity contribution is 7.16.